The Balaban J connectivity index is 2.00. The van der Waals surface area contributed by atoms with E-state index in [-0.39, 0.29) is 11.0 Å². The van der Waals surface area contributed by atoms with Crippen molar-refractivity contribution in [2.24, 2.45) is 0 Å². The van der Waals surface area contributed by atoms with Crippen molar-refractivity contribution in [3.05, 3.63) is 54.1 Å². The Morgan fingerprint density at radius 2 is 1.90 bits per heavy atom. The van der Waals surface area contributed by atoms with Crippen molar-refractivity contribution in [1.82, 2.24) is 0 Å². The smallest absolute Gasteiger partial charge is 0.180 e. The molecule has 0 aliphatic carbocycles. The highest BCUT2D eigenvalue weighted by molar-refractivity contribution is 8.01. The molecule has 0 amide bonds. The van der Waals surface area contributed by atoms with Gasteiger partial charge in [0.05, 0.1) is 23.0 Å². The van der Waals surface area contributed by atoms with Gasteiger partial charge in [0.25, 0.3) is 0 Å². The van der Waals surface area contributed by atoms with Crippen molar-refractivity contribution in [3.8, 4) is 5.75 Å². The fourth-order valence-corrected chi connectivity index (χ4v) is 5.77. The lowest BCUT2D eigenvalue weighted by molar-refractivity contribution is 0.414. The lowest BCUT2D eigenvalue weighted by Crippen LogP contribution is -2.00. The molecule has 3 rings (SSSR count). The van der Waals surface area contributed by atoms with E-state index in [0.717, 1.165) is 10.5 Å². The van der Waals surface area contributed by atoms with Crippen molar-refractivity contribution < 1.29 is 13.2 Å². The number of benzene rings is 2. The van der Waals surface area contributed by atoms with Gasteiger partial charge in [0.15, 0.2) is 9.84 Å². The van der Waals surface area contributed by atoms with Gasteiger partial charge in [0.2, 0.25) is 0 Å². The zero-order valence-electron chi connectivity index (χ0n) is 10.9. The lowest BCUT2D eigenvalue weighted by Gasteiger charge is -2.10. The first-order valence-electron chi connectivity index (χ1n) is 6.22. The monoisotopic (exact) mass is 306 g/mol. The molecule has 0 N–H and O–H groups in total. The number of sulfone groups is 1. The summed E-state index contributed by atoms with van der Waals surface area (Å²) in [4.78, 5) is 1.51. The molecule has 0 aromatic heterocycles. The molecule has 2 aromatic carbocycles. The molecule has 0 spiro atoms. The number of methoxy groups -OCH3 is 1. The molecule has 1 atom stereocenters. The van der Waals surface area contributed by atoms with Gasteiger partial charge in [-0.15, -0.1) is 11.8 Å². The van der Waals surface area contributed by atoms with Crippen molar-refractivity contribution in [2.75, 3.05) is 12.9 Å². The predicted molar refractivity (Wildman–Crippen MR) is 80.1 cm³/mol. The summed E-state index contributed by atoms with van der Waals surface area (Å²) in [6.07, 6.45) is 0. The lowest BCUT2D eigenvalue weighted by atomic mass is 10.1. The Bertz CT molecular complexity index is 724. The summed E-state index contributed by atoms with van der Waals surface area (Å²) in [5, 5.41) is -0.0764. The molecule has 0 bridgehead atoms. The number of hydrogen-bond donors (Lipinski definition) is 0. The summed E-state index contributed by atoms with van der Waals surface area (Å²) in [6.45, 7) is 0. The number of ether oxygens (including phenoxy) is 1. The van der Waals surface area contributed by atoms with Gasteiger partial charge in [-0.25, -0.2) is 8.42 Å². The van der Waals surface area contributed by atoms with E-state index in [2.05, 4.69) is 0 Å². The van der Waals surface area contributed by atoms with Gasteiger partial charge in [-0.3, -0.25) is 0 Å². The summed E-state index contributed by atoms with van der Waals surface area (Å²) in [6, 6.07) is 15.0. The van der Waals surface area contributed by atoms with Crippen LogP contribution in [0.5, 0.6) is 5.75 Å². The third kappa shape index (κ3) is 2.43. The van der Waals surface area contributed by atoms with Crippen LogP contribution in [0.2, 0.25) is 0 Å². The molecule has 1 heterocycles. The molecule has 0 fully saturated rings. The Morgan fingerprint density at radius 1 is 1.15 bits per heavy atom. The fraction of sp³-hybridized carbons (Fsp3) is 0.200. The molecular formula is C15H14O3S2. The third-order valence-electron chi connectivity index (χ3n) is 3.29. The third-order valence-corrected chi connectivity index (χ3v) is 6.57. The average molecular weight is 306 g/mol. The van der Waals surface area contributed by atoms with Gasteiger partial charge in [-0.1, -0.05) is 18.2 Å². The van der Waals surface area contributed by atoms with Gasteiger partial charge < -0.3 is 4.74 Å². The minimum atomic E-state index is -3.18. The molecule has 1 unspecified atom stereocenters. The van der Waals surface area contributed by atoms with Crippen molar-refractivity contribution in [1.29, 1.82) is 0 Å². The second-order valence-electron chi connectivity index (χ2n) is 4.60. The van der Waals surface area contributed by atoms with E-state index >= 15 is 0 Å². The van der Waals surface area contributed by atoms with Crippen LogP contribution in [-0.4, -0.2) is 21.3 Å². The van der Waals surface area contributed by atoms with Gasteiger partial charge >= 0.3 is 0 Å². The number of rotatable bonds is 3. The zero-order chi connectivity index (χ0) is 14.2. The molecule has 2 aromatic rings. The van der Waals surface area contributed by atoms with Crippen LogP contribution in [0.1, 0.15) is 10.8 Å². The number of thioether (sulfide) groups is 1. The Labute approximate surface area is 122 Å². The van der Waals surface area contributed by atoms with Gasteiger partial charge in [-0.2, -0.15) is 0 Å². The van der Waals surface area contributed by atoms with E-state index in [4.69, 9.17) is 4.74 Å². The molecule has 20 heavy (non-hydrogen) atoms. The van der Waals surface area contributed by atoms with Gasteiger partial charge in [0.1, 0.15) is 5.75 Å². The zero-order valence-corrected chi connectivity index (χ0v) is 12.6. The van der Waals surface area contributed by atoms with Gasteiger partial charge in [0, 0.05) is 4.90 Å². The van der Waals surface area contributed by atoms with E-state index in [9.17, 15) is 8.42 Å². The summed E-state index contributed by atoms with van der Waals surface area (Å²) in [5.41, 5.74) is 0.846. The molecular weight excluding hydrogens is 292 g/mol. The van der Waals surface area contributed by atoms with Gasteiger partial charge in [-0.05, 0) is 35.9 Å². The second-order valence-corrected chi connectivity index (χ2v) is 7.88. The van der Waals surface area contributed by atoms with Crippen LogP contribution >= 0.6 is 11.8 Å². The topological polar surface area (TPSA) is 43.4 Å². The maximum atomic E-state index is 12.2. The van der Waals surface area contributed by atoms with E-state index in [1.807, 2.05) is 36.4 Å². The van der Waals surface area contributed by atoms with Crippen LogP contribution in [0.3, 0.4) is 0 Å². The van der Waals surface area contributed by atoms with Crippen molar-refractivity contribution in [3.63, 3.8) is 0 Å². The first kappa shape index (κ1) is 13.5. The van der Waals surface area contributed by atoms with E-state index < -0.39 is 9.84 Å². The summed E-state index contributed by atoms with van der Waals surface area (Å²) in [7, 11) is -1.59. The average Bonchev–Trinajstić information content (AvgIpc) is 2.71. The minimum Gasteiger partial charge on any atom is -0.497 e. The molecule has 0 saturated carbocycles. The highest BCUT2D eigenvalue weighted by Crippen LogP contribution is 2.45. The van der Waals surface area contributed by atoms with Crippen LogP contribution in [0, 0.1) is 0 Å². The summed E-state index contributed by atoms with van der Waals surface area (Å²) < 4.78 is 29.6. The molecule has 1 aliphatic heterocycles. The molecule has 1 aliphatic rings. The molecule has 3 nitrogen and oxygen atoms in total. The first-order valence-corrected chi connectivity index (χ1v) is 8.76. The molecule has 0 radical (unpaired) electrons. The van der Waals surface area contributed by atoms with Crippen LogP contribution in [0.4, 0.5) is 0 Å². The van der Waals surface area contributed by atoms with Crippen LogP contribution < -0.4 is 4.74 Å². The van der Waals surface area contributed by atoms with Crippen LogP contribution in [0.15, 0.2) is 58.3 Å². The first-order chi connectivity index (χ1) is 9.60. The van der Waals surface area contributed by atoms with Crippen molar-refractivity contribution in [2.45, 2.75) is 15.0 Å². The van der Waals surface area contributed by atoms with Crippen LogP contribution in [-0.2, 0) is 9.84 Å². The molecule has 0 saturated heterocycles. The number of fused-ring (bicyclic) bond motifs is 1. The fourth-order valence-electron chi connectivity index (χ4n) is 2.33. The SMILES string of the molecule is COc1ccc2c(c1)C(Sc1ccccc1)CS2(=O)=O. The Hall–Kier alpha value is -1.46. The molecule has 104 valence electrons. The quantitative estimate of drug-likeness (QED) is 0.872. The highest BCUT2D eigenvalue weighted by atomic mass is 32.2. The standard InChI is InChI=1S/C15H14O3S2/c1-18-11-7-8-15-13(9-11)14(10-20(15,16)17)19-12-5-3-2-4-6-12/h2-9,14H,10H2,1H3. The van der Waals surface area contributed by atoms with E-state index in [0.29, 0.717) is 10.6 Å². The van der Waals surface area contributed by atoms with E-state index in [1.54, 1.807) is 31.0 Å². The maximum Gasteiger partial charge on any atom is 0.180 e. The maximum absolute atomic E-state index is 12.2. The summed E-state index contributed by atoms with van der Waals surface area (Å²) in [5.74, 6) is 0.842. The number of hydrogen-bond acceptors (Lipinski definition) is 4. The second kappa shape index (κ2) is 5.14. The predicted octanol–water partition coefficient (Wildman–Crippen LogP) is 3.32. The van der Waals surface area contributed by atoms with Crippen molar-refractivity contribution >= 4 is 21.6 Å². The Kier molecular flexibility index (Phi) is 3.48. The van der Waals surface area contributed by atoms with Crippen LogP contribution in [0.25, 0.3) is 0 Å². The normalized spacial score (nSPS) is 19.6. The Morgan fingerprint density at radius 3 is 2.60 bits per heavy atom. The largest absolute Gasteiger partial charge is 0.497 e. The minimum absolute atomic E-state index is 0.0764. The highest BCUT2D eigenvalue weighted by Gasteiger charge is 2.35. The summed E-state index contributed by atoms with van der Waals surface area (Å²) >= 11 is 1.58. The molecule has 5 heteroatoms. The van der Waals surface area contributed by atoms with E-state index in [1.165, 1.54) is 0 Å².